The SMILES string of the molecule is N#CCc1nc(-c2occc2P(=O)(O)O)cs1. The quantitative estimate of drug-likeness (QED) is 0.813. The number of rotatable bonds is 3. The number of hydrogen-bond donors (Lipinski definition) is 2. The number of aromatic nitrogens is 1. The molecule has 0 aliphatic carbocycles. The van der Waals surface area contributed by atoms with Gasteiger partial charge in [-0.3, -0.25) is 4.57 Å². The van der Waals surface area contributed by atoms with E-state index in [1.807, 2.05) is 6.07 Å². The Balaban J connectivity index is 2.44. The molecule has 2 rings (SSSR count). The zero-order valence-corrected chi connectivity index (χ0v) is 10.1. The van der Waals surface area contributed by atoms with Crippen LogP contribution in [0.3, 0.4) is 0 Å². The van der Waals surface area contributed by atoms with Gasteiger partial charge in [-0.1, -0.05) is 0 Å². The highest BCUT2D eigenvalue weighted by Crippen LogP contribution is 2.38. The van der Waals surface area contributed by atoms with Crippen LogP contribution in [0.2, 0.25) is 0 Å². The first-order valence-electron chi connectivity index (χ1n) is 4.47. The van der Waals surface area contributed by atoms with E-state index in [-0.39, 0.29) is 17.5 Å². The summed E-state index contributed by atoms with van der Waals surface area (Å²) in [6.07, 6.45) is 1.36. The molecule has 0 unspecified atom stereocenters. The average molecular weight is 270 g/mol. The lowest BCUT2D eigenvalue weighted by Gasteiger charge is -2.01. The van der Waals surface area contributed by atoms with E-state index in [2.05, 4.69) is 4.98 Å². The third-order valence-electron chi connectivity index (χ3n) is 1.97. The van der Waals surface area contributed by atoms with Gasteiger partial charge in [0.2, 0.25) is 0 Å². The van der Waals surface area contributed by atoms with Crippen LogP contribution in [0.15, 0.2) is 22.1 Å². The van der Waals surface area contributed by atoms with Gasteiger partial charge in [-0.2, -0.15) is 5.26 Å². The maximum Gasteiger partial charge on any atom is 0.360 e. The number of thiazole rings is 1. The van der Waals surface area contributed by atoms with Gasteiger partial charge >= 0.3 is 7.60 Å². The van der Waals surface area contributed by atoms with E-state index in [1.165, 1.54) is 23.7 Å². The van der Waals surface area contributed by atoms with Gasteiger partial charge in [-0.05, 0) is 6.07 Å². The third kappa shape index (κ3) is 2.46. The fourth-order valence-corrected chi connectivity index (χ4v) is 2.68. The first-order chi connectivity index (χ1) is 8.02. The maximum absolute atomic E-state index is 11.2. The van der Waals surface area contributed by atoms with E-state index >= 15 is 0 Å². The van der Waals surface area contributed by atoms with Crippen LogP contribution in [0.4, 0.5) is 0 Å². The van der Waals surface area contributed by atoms with Crippen molar-refractivity contribution in [3.63, 3.8) is 0 Å². The predicted octanol–water partition coefficient (Wildman–Crippen LogP) is 1.27. The normalized spacial score (nSPS) is 11.4. The maximum atomic E-state index is 11.2. The van der Waals surface area contributed by atoms with Crippen LogP contribution >= 0.6 is 18.9 Å². The van der Waals surface area contributed by atoms with Gasteiger partial charge in [0.05, 0.1) is 18.8 Å². The molecule has 0 amide bonds. The predicted molar refractivity (Wildman–Crippen MR) is 60.8 cm³/mol. The second-order valence-corrected chi connectivity index (χ2v) is 5.65. The van der Waals surface area contributed by atoms with E-state index in [1.54, 1.807) is 5.38 Å². The lowest BCUT2D eigenvalue weighted by Crippen LogP contribution is -2.03. The van der Waals surface area contributed by atoms with Gasteiger partial charge in [0.15, 0.2) is 5.76 Å². The molecular formula is C9H7N2O4PS. The van der Waals surface area contributed by atoms with E-state index in [0.717, 1.165) is 0 Å². The van der Waals surface area contributed by atoms with Gasteiger partial charge in [0.1, 0.15) is 16.0 Å². The summed E-state index contributed by atoms with van der Waals surface area (Å²) in [5.41, 5.74) is 0.337. The first-order valence-corrected chi connectivity index (χ1v) is 6.97. The van der Waals surface area contributed by atoms with Crippen molar-refractivity contribution in [2.45, 2.75) is 6.42 Å². The molecule has 0 aromatic carbocycles. The van der Waals surface area contributed by atoms with Crippen molar-refractivity contribution in [1.29, 1.82) is 5.26 Å². The summed E-state index contributed by atoms with van der Waals surface area (Å²) in [6.45, 7) is 0. The van der Waals surface area contributed by atoms with Gasteiger partial charge < -0.3 is 14.2 Å². The average Bonchev–Trinajstić information content (AvgIpc) is 2.82. The zero-order chi connectivity index (χ0) is 12.5. The van der Waals surface area contributed by atoms with Crippen molar-refractivity contribution >= 4 is 24.2 Å². The Labute approximate surface area is 100 Å². The molecule has 2 aromatic heterocycles. The van der Waals surface area contributed by atoms with Crippen LogP contribution in [0.25, 0.3) is 11.5 Å². The summed E-state index contributed by atoms with van der Waals surface area (Å²) in [4.78, 5) is 22.3. The van der Waals surface area contributed by atoms with Crippen LogP contribution in [-0.4, -0.2) is 14.8 Å². The summed E-state index contributed by atoms with van der Waals surface area (Å²) >= 11 is 1.25. The van der Waals surface area contributed by atoms with Gasteiger partial charge in [-0.25, -0.2) is 4.98 Å². The molecule has 0 bridgehead atoms. The number of nitrogens with zero attached hydrogens (tertiary/aromatic N) is 2. The van der Waals surface area contributed by atoms with E-state index < -0.39 is 7.60 Å². The molecule has 0 spiro atoms. The highest BCUT2D eigenvalue weighted by Gasteiger charge is 2.26. The molecule has 0 radical (unpaired) electrons. The number of nitriles is 1. The second-order valence-electron chi connectivity index (χ2n) is 3.14. The summed E-state index contributed by atoms with van der Waals surface area (Å²) in [6, 6.07) is 3.17. The van der Waals surface area contributed by atoms with Crippen LogP contribution in [0.1, 0.15) is 5.01 Å². The van der Waals surface area contributed by atoms with Crippen LogP contribution < -0.4 is 5.30 Å². The number of hydrogen-bond acceptors (Lipinski definition) is 5. The minimum absolute atomic E-state index is 0.0544. The lowest BCUT2D eigenvalue weighted by molar-refractivity contribution is 0.387. The minimum atomic E-state index is -4.37. The molecular weight excluding hydrogens is 263 g/mol. The Morgan fingerprint density at radius 1 is 1.59 bits per heavy atom. The summed E-state index contributed by atoms with van der Waals surface area (Å²) < 4.78 is 16.2. The Hall–Kier alpha value is -1.45. The Kier molecular flexibility index (Phi) is 3.13. The van der Waals surface area contributed by atoms with Crippen molar-refractivity contribution in [3.8, 4) is 17.5 Å². The summed E-state index contributed by atoms with van der Waals surface area (Å²) in [5, 5.41) is 10.5. The van der Waals surface area contributed by atoms with E-state index in [9.17, 15) is 4.57 Å². The molecule has 0 aliphatic heterocycles. The summed E-state index contributed by atoms with van der Waals surface area (Å²) in [5.74, 6) is 0.0544. The molecule has 0 atom stereocenters. The molecule has 2 heterocycles. The largest absolute Gasteiger partial charge is 0.462 e. The molecule has 6 nitrogen and oxygen atoms in total. The fourth-order valence-electron chi connectivity index (χ4n) is 1.29. The second kappa shape index (κ2) is 4.43. The van der Waals surface area contributed by atoms with Crippen molar-refractivity contribution in [2.24, 2.45) is 0 Å². The molecule has 0 saturated carbocycles. The molecule has 88 valence electrons. The van der Waals surface area contributed by atoms with E-state index in [4.69, 9.17) is 19.5 Å². The molecule has 2 N–H and O–H groups in total. The van der Waals surface area contributed by atoms with Gasteiger partial charge in [-0.15, -0.1) is 11.3 Å². The third-order valence-corrected chi connectivity index (χ3v) is 3.80. The minimum Gasteiger partial charge on any atom is -0.462 e. The Bertz CT molecular complexity index is 621. The van der Waals surface area contributed by atoms with Crippen molar-refractivity contribution < 1.29 is 18.8 Å². The van der Waals surface area contributed by atoms with Crippen molar-refractivity contribution in [2.75, 3.05) is 0 Å². The first kappa shape index (κ1) is 12.0. The van der Waals surface area contributed by atoms with E-state index in [0.29, 0.717) is 10.7 Å². The smallest absolute Gasteiger partial charge is 0.360 e. The Morgan fingerprint density at radius 2 is 2.35 bits per heavy atom. The molecule has 0 aliphatic rings. The fraction of sp³-hybridized carbons (Fsp3) is 0.111. The molecule has 8 heteroatoms. The number of furan rings is 1. The summed E-state index contributed by atoms with van der Waals surface area (Å²) in [7, 11) is -4.37. The van der Waals surface area contributed by atoms with Gasteiger partial charge in [0.25, 0.3) is 0 Å². The zero-order valence-electron chi connectivity index (χ0n) is 8.40. The van der Waals surface area contributed by atoms with Crippen LogP contribution in [-0.2, 0) is 11.0 Å². The van der Waals surface area contributed by atoms with Crippen molar-refractivity contribution in [3.05, 3.63) is 22.7 Å². The lowest BCUT2D eigenvalue weighted by atomic mass is 10.3. The molecule has 0 saturated heterocycles. The van der Waals surface area contributed by atoms with Crippen LogP contribution in [0, 0.1) is 11.3 Å². The monoisotopic (exact) mass is 270 g/mol. The van der Waals surface area contributed by atoms with Crippen LogP contribution in [0.5, 0.6) is 0 Å². The van der Waals surface area contributed by atoms with Gasteiger partial charge in [0, 0.05) is 5.38 Å². The topological polar surface area (TPSA) is 107 Å². The van der Waals surface area contributed by atoms with Crippen molar-refractivity contribution in [1.82, 2.24) is 4.98 Å². The molecule has 2 aromatic rings. The Morgan fingerprint density at radius 3 is 3.00 bits per heavy atom. The standard InChI is InChI=1S/C9H7N2O4PS/c10-3-1-8-11-6(5-17-8)9-7(2-4-15-9)16(12,13)14/h2,4-5H,1H2,(H2,12,13,14). The molecule has 17 heavy (non-hydrogen) atoms. The highest BCUT2D eigenvalue weighted by molar-refractivity contribution is 7.60. The molecule has 0 fully saturated rings. The highest BCUT2D eigenvalue weighted by atomic mass is 32.1.